The molecule has 1 fully saturated rings. The Morgan fingerprint density at radius 2 is 1.69 bits per heavy atom. The van der Waals surface area contributed by atoms with E-state index in [2.05, 4.69) is 36.5 Å². The quantitative estimate of drug-likeness (QED) is 0.723. The molecule has 4 rings (SSSR count). The lowest BCUT2D eigenvalue weighted by Crippen LogP contribution is -2.49. The van der Waals surface area contributed by atoms with Crippen molar-refractivity contribution >= 4 is 23.4 Å². The first-order valence-corrected chi connectivity index (χ1v) is 9.15. The predicted octanol–water partition coefficient (Wildman–Crippen LogP) is 1.84. The van der Waals surface area contributed by atoms with Crippen LogP contribution in [0.1, 0.15) is 16.1 Å². The number of nitriles is 1. The van der Waals surface area contributed by atoms with E-state index in [1.165, 1.54) is 0 Å². The van der Waals surface area contributed by atoms with E-state index in [0.29, 0.717) is 49.2 Å². The zero-order valence-electron chi connectivity index (χ0n) is 15.6. The van der Waals surface area contributed by atoms with E-state index in [9.17, 15) is 4.79 Å². The Morgan fingerprint density at radius 3 is 2.31 bits per heavy atom. The van der Waals surface area contributed by atoms with Gasteiger partial charge in [0.15, 0.2) is 11.5 Å². The minimum atomic E-state index is -0.143. The van der Waals surface area contributed by atoms with Gasteiger partial charge in [-0.3, -0.25) is 4.79 Å². The predicted molar refractivity (Wildman–Crippen MR) is 107 cm³/mol. The van der Waals surface area contributed by atoms with Crippen LogP contribution in [0.15, 0.2) is 54.9 Å². The second kappa shape index (κ2) is 8.31. The Kier molecular flexibility index (Phi) is 5.25. The molecule has 2 aromatic heterocycles. The summed E-state index contributed by atoms with van der Waals surface area (Å²) in [5, 5.41) is 20.1. The zero-order chi connectivity index (χ0) is 20.1. The Morgan fingerprint density at radius 1 is 0.966 bits per heavy atom. The van der Waals surface area contributed by atoms with E-state index in [1.807, 2.05) is 0 Å². The summed E-state index contributed by atoms with van der Waals surface area (Å²) in [6.07, 6.45) is 3.42. The van der Waals surface area contributed by atoms with Crippen molar-refractivity contribution in [1.29, 1.82) is 5.26 Å². The van der Waals surface area contributed by atoms with Crippen molar-refractivity contribution in [2.24, 2.45) is 0 Å². The van der Waals surface area contributed by atoms with Crippen LogP contribution in [0, 0.1) is 11.3 Å². The number of nitrogens with zero attached hydrogens (tertiary/aromatic N) is 7. The van der Waals surface area contributed by atoms with Crippen LogP contribution in [0.25, 0.3) is 0 Å². The molecule has 0 unspecified atom stereocenters. The molecule has 1 saturated heterocycles. The highest BCUT2D eigenvalue weighted by Crippen LogP contribution is 2.16. The standard InChI is InChI=1S/C20H18N8O/c21-14-15-2-4-16(5-3-15)24-18-7-6-17(25-26-18)19(29)27-10-12-28(13-11-27)20-22-8-1-9-23-20/h1-9H,10-13H2,(H,24,26). The highest BCUT2D eigenvalue weighted by atomic mass is 16.2. The first-order valence-electron chi connectivity index (χ1n) is 9.15. The SMILES string of the molecule is N#Cc1ccc(Nc2ccc(C(=O)N3CCN(c4ncccn4)CC3)nn2)cc1. The van der Waals surface area contributed by atoms with Gasteiger partial charge in [-0.05, 0) is 42.5 Å². The van der Waals surface area contributed by atoms with Crippen LogP contribution in [0.3, 0.4) is 0 Å². The minimum absolute atomic E-state index is 0.143. The van der Waals surface area contributed by atoms with Gasteiger partial charge in [0.1, 0.15) is 0 Å². The molecule has 0 radical (unpaired) electrons. The van der Waals surface area contributed by atoms with Gasteiger partial charge in [-0.15, -0.1) is 10.2 Å². The van der Waals surface area contributed by atoms with Gasteiger partial charge < -0.3 is 15.1 Å². The topological polar surface area (TPSA) is 111 Å². The average Bonchev–Trinajstić information content (AvgIpc) is 2.80. The Hall–Kier alpha value is -4.06. The molecule has 9 heteroatoms. The van der Waals surface area contributed by atoms with E-state index >= 15 is 0 Å². The van der Waals surface area contributed by atoms with Crippen molar-refractivity contribution < 1.29 is 4.79 Å². The maximum atomic E-state index is 12.7. The number of anilines is 3. The highest BCUT2D eigenvalue weighted by Gasteiger charge is 2.24. The first kappa shape index (κ1) is 18.3. The van der Waals surface area contributed by atoms with Crippen molar-refractivity contribution in [3.8, 4) is 6.07 Å². The minimum Gasteiger partial charge on any atom is -0.339 e. The lowest BCUT2D eigenvalue weighted by atomic mass is 10.2. The molecule has 1 amide bonds. The number of benzene rings is 1. The number of piperazine rings is 1. The molecule has 29 heavy (non-hydrogen) atoms. The second-order valence-electron chi connectivity index (χ2n) is 6.45. The molecular formula is C20H18N8O. The van der Waals surface area contributed by atoms with Crippen LogP contribution in [0.2, 0.25) is 0 Å². The van der Waals surface area contributed by atoms with Gasteiger partial charge in [-0.2, -0.15) is 5.26 Å². The molecule has 0 spiro atoms. The molecule has 1 aromatic carbocycles. The summed E-state index contributed by atoms with van der Waals surface area (Å²) in [5.41, 5.74) is 1.68. The largest absolute Gasteiger partial charge is 0.339 e. The van der Waals surface area contributed by atoms with Gasteiger partial charge in [0.25, 0.3) is 5.91 Å². The fourth-order valence-corrected chi connectivity index (χ4v) is 3.02. The number of carbonyl (C=O) groups is 1. The first-order chi connectivity index (χ1) is 14.2. The van der Waals surface area contributed by atoms with E-state index in [-0.39, 0.29) is 5.91 Å². The number of aromatic nitrogens is 4. The van der Waals surface area contributed by atoms with Crippen molar-refractivity contribution in [3.05, 3.63) is 66.1 Å². The lowest BCUT2D eigenvalue weighted by molar-refractivity contribution is 0.0739. The Bertz CT molecular complexity index is 1010. The average molecular weight is 386 g/mol. The summed E-state index contributed by atoms with van der Waals surface area (Å²) in [5.74, 6) is 1.06. The number of hydrogen-bond acceptors (Lipinski definition) is 8. The second-order valence-corrected chi connectivity index (χ2v) is 6.45. The number of rotatable bonds is 4. The van der Waals surface area contributed by atoms with E-state index in [1.54, 1.807) is 59.8 Å². The summed E-state index contributed by atoms with van der Waals surface area (Å²) in [6.45, 7) is 2.48. The van der Waals surface area contributed by atoms with Crippen LogP contribution in [0.5, 0.6) is 0 Å². The molecule has 0 aliphatic carbocycles. The van der Waals surface area contributed by atoms with Gasteiger partial charge in [0.05, 0.1) is 11.6 Å². The number of nitrogens with one attached hydrogen (secondary N) is 1. The summed E-state index contributed by atoms with van der Waals surface area (Å²) in [6, 6.07) is 14.2. The third kappa shape index (κ3) is 4.27. The Labute approximate surface area is 167 Å². The van der Waals surface area contributed by atoms with Crippen molar-refractivity contribution in [3.63, 3.8) is 0 Å². The third-order valence-corrected chi connectivity index (χ3v) is 4.57. The molecule has 1 aliphatic rings. The zero-order valence-corrected chi connectivity index (χ0v) is 15.6. The van der Waals surface area contributed by atoms with Crippen LogP contribution < -0.4 is 10.2 Å². The van der Waals surface area contributed by atoms with Gasteiger partial charge in [0, 0.05) is 44.3 Å². The smallest absolute Gasteiger partial charge is 0.274 e. The van der Waals surface area contributed by atoms with Crippen LogP contribution in [-0.4, -0.2) is 57.2 Å². The lowest BCUT2D eigenvalue weighted by Gasteiger charge is -2.34. The van der Waals surface area contributed by atoms with E-state index in [4.69, 9.17) is 5.26 Å². The molecule has 9 nitrogen and oxygen atoms in total. The van der Waals surface area contributed by atoms with Gasteiger partial charge in [0.2, 0.25) is 5.95 Å². The van der Waals surface area contributed by atoms with Crippen LogP contribution in [0.4, 0.5) is 17.5 Å². The highest BCUT2D eigenvalue weighted by molar-refractivity contribution is 5.92. The normalized spacial score (nSPS) is 13.6. The molecule has 0 bridgehead atoms. The molecule has 0 saturated carbocycles. The van der Waals surface area contributed by atoms with E-state index < -0.39 is 0 Å². The molecule has 3 heterocycles. The molecule has 0 atom stereocenters. The Balaban J connectivity index is 1.35. The molecule has 1 N–H and O–H groups in total. The van der Waals surface area contributed by atoms with Crippen LogP contribution >= 0.6 is 0 Å². The van der Waals surface area contributed by atoms with Crippen molar-refractivity contribution in [2.45, 2.75) is 0 Å². The van der Waals surface area contributed by atoms with Gasteiger partial charge in [-0.1, -0.05) is 0 Å². The summed E-state index contributed by atoms with van der Waals surface area (Å²) in [7, 11) is 0. The molecule has 1 aliphatic heterocycles. The maximum absolute atomic E-state index is 12.7. The maximum Gasteiger partial charge on any atom is 0.274 e. The van der Waals surface area contributed by atoms with E-state index in [0.717, 1.165) is 5.69 Å². The summed E-state index contributed by atoms with van der Waals surface area (Å²) < 4.78 is 0. The van der Waals surface area contributed by atoms with Gasteiger partial charge >= 0.3 is 0 Å². The molecular weight excluding hydrogens is 368 g/mol. The van der Waals surface area contributed by atoms with Crippen LogP contribution in [-0.2, 0) is 0 Å². The number of carbonyl (C=O) groups excluding carboxylic acids is 1. The third-order valence-electron chi connectivity index (χ3n) is 4.57. The van der Waals surface area contributed by atoms with Crippen molar-refractivity contribution in [2.75, 3.05) is 36.4 Å². The number of hydrogen-bond donors (Lipinski definition) is 1. The number of amides is 1. The molecule has 3 aromatic rings. The monoisotopic (exact) mass is 386 g/mol. The summed E-state index contributed by atoms with van der Waals surface area (Å²) in [4.78, 5) is 25.0. The molecule has 144 valence electrons. The van der Waals surface area contributed by atoms with Gasteiger partial charge in [-0.25, -0.2) is 9.97 Å². The summed E-state index contributed by atoms with van der Waals surface area (Å²) >= 11 is 0. The fraction of sp³-hybridized carbons (Fsp3) is 0.200. The van der Waals surface area contributed by atoms with Crippen molar-refractivity contribution in [1.82, 2.24) is 25.1 Å². The fourth-order valence-electron chi connectivity index (χ4n) is 3.02.